The fourth-order valence-electron chi connectivity index (χ4n) is 3.46. The van der Waals surface area contributed by atoms with Crippen molar-refractivity contribution in [3.63, 3.8) is 0 Å². The molecule has 0 fully saturated rings. The molecule has 1 aliphatic heterocycles. The second kappa shape index (κ2) is 10.3. The molecular formula is C22H28N4O3S2. The molecule has 0 aliphatic carbocycles. The van der Waals surface area contributed by atoms with Crippen LogP contribution in [-0.2, 0) is 23.0 Å². The molecular weight excluding hydrogens is 432 g/mol. The van der Waals surface area contributed by atoms with E-state index >= 15 is 0 Å². The molecule has 2 heterocycles. The van der Waals surface area contributed by atoms with Gasteiger partial charge in [0.05, 0.1) is 10.6 Å². The minimum absolute atomic E-state index is 0.119. The topological polar surface area (TPSA) is 82.6 Å². The highest BCUT2D eigenvalue weighted by atomic mass is 32.2. The number of benzene rings is 1. The highest BCUT2D eigenvalue weighted by Gasteiger charge is 2.23. The second-order valence-corrected chi connectivity index (χ2v) is 10.3. The van der Waals surface area contributed by atoms with E-state index in [0.29, 0.717) is 10.7 Å². The molecule has 2 aromatic rings. The molecule has 0 radical (unpaired) electrons. The Labute approximate surface area is 188 Å². The predicted molar refractivity (Wildman–Crippen MR) is 125 cm³/mol. The molecule has 3 rings (SSSR count). The van der Waals surface area contributed by atoms with Gasteiger partial charge in [-0.3, -0.25) is 15.0 Å². The van der Waals surface area contributed by atoms with E-state index in [2.05, 4.69) is 35.3 Å². The van der Waals surface area contributed by atoms with Crippen LogP contribution in [0.3, 0.4) is 0 Å². The van der Waals surface area contributed by atoms with E-state index in [1.165, 1.54) is 56.9 Å². The number of hydrogen-bond donors (Lipinski definition) is 1. The Morgan fingerprint density at radius 1 is 1.26 bits per heavy atom. The number of nitrogens with one attached hydrogen (secondary N) is 1. The molecule has 1 amide bonds. The van der Waals surface area contributed by atoms with E-state index in [1.54, 1.807) is 0 Å². The van der Waals surface area contributed by atoms with Crippen molar-refractivity contribution in [1.29, 1.82) is 0 Å². The number of anilines is 1. The number of sulfonamides is 1. The zero-order valence-electron chi connectivity index (χ0n) is 17.7. The average Bonchev–Trinajstić information content (AvgIpc) is 3.15. The second-order valence-electron chi connectivity index (χ2n) is 7.29. The van der Waals surface area contributed by atoms with Crippen molar-refractivity contribution in [3.8, 4) is 0 Å². The monoisotopic (exact) mass is 460 g/mol. The minimum Gasteiger partial charge on any atom is -0.298 e. The maximum atomic E-state index is 12.8. The molecule has 31 heavy (non-hydrogen) atoms. The van der Waals surface area contributed by atoms with Crippen LogP contribution in [0.15, 0.2) is 54.5 Å². The first-order valence-electron chi connectivity index (χ1n) is 10.2. The first kappa shape index (κ1) is 23.3. The van der Waals surface area contributed by atoms with Gasteiger partial charge in [0.2, 0.25) is 10.0 Å². The molecule has 0 unspecified atom stereocenters. The Morgan fingerprint density at radius 3 is 2.55 bits per heavy atom. The fourth-order valence-corrected chi connectivity index (χ4v) is 5.89. The fraction of sp³-hybridized carbons (Fsp3) is 0.364. The van der Waals surface area contributed by atoms with Gasteiger partial charge in [0, 0.05) is 43.0 Å². The van der Waals surface area contributed by atoms with Crippen molar-refractivity contribution in [2.75, 3.05) is 31.5 Å². The summed E-state index contributed by atoms with van der Waals surface area (Å²) in [5, 5.41) is 3.42. The van der Waals surface area contributed by atoms with E-state index in [9.17, 15) is 13.2 Å². The molecule has 1 aromatic heterocycles. The highest BCUT2D eigenvalue weighted by molar-refractivity contribution is 7.89. The number of hydrogen-bond acceptors (Lipinski definition) is 6. The lowest BCUT2D eigenvalue weighted by Crippen LogP contribution is -2.31. The van der Waals surface area contributed by atoms with Gasteiger partial charge in [-0.1, -0.05) is 19.1 Å². The first-order chi connectivity index (χ1) is 14.9. The molecule has 166 valence electrons. The highest BCUT2D eigenvalue weighted by Crippen LogP contribution is 2.28. The van der Waals surface area contributed by atoms with Gasteiger partial charge in [-0.2, -0.15) is 4.31 Å². The third kappa shape index (κ3) is 5.48. The summed E-state index contributed by atoms with van der Waals surface area (Å²) in [6.45, 7) is 12.7. The molecule has 7 nitrogen and oxygen atoms in total. The standard InChI is InChI=1S/C22H28N4O3S2/c1-4-12-25-15-11-19-20(16-25)30-22(23-19)24-21(27)17-7-9-18(10-8-17)31(28,29)26(13-5-2)14-6-3/h5-10H,2-4,11-16H2,1H3,(H,23,24,27). The van der Waals surface area contributed by atoms with E-state index in [4.69, 9.17) is 0 Å². The summed E-state index contributed by atoms with van der Waals surface area (Å²) in [6.07, 6.45) is 5.05. The quantitative estimate of drug-likeness (QED) is 0.549. The van der Waals surface area contributed by atoms with Crippen LogP contribution in [0.4, 0.5) is 5.13 Å². The van der Waals surface area contributed by atoms with Crippen molar-refractivity contribution >= 4 is 32.4 Å². The smallest absolute Gasteiger partial charge is 0.257 e. The summed E-state index contributed by atoms with van der Waals surface area (Å²) in [7, 11) is -3.69. The summed E-state index contributed by atoms with van der Waals surface area (Å²) >= 11 is 1.50. The third-order valence-corrected chi connectivity index (χ3v) is 7.83. The molecule has 9 heteroatoms. The van der Waals surface area contributed by atoms with Gasteiger partial charge in [0.1, 0.15) is 0 Å². The van der Waals surface area contributed by atoms with Crippen molar-refractivity contribution < 1.29 is 13.2 Å². The Kier molecular flexibility index (Phi) is 7.77. The largest absolute Gasteiger partial charge is 0.298 e. The lowest BCUT2D eigenvalue weighted by molar-refractivity contribution is 0.102. The minimum atomic E-state index is -3.69. The van der Waals surface area contributed by atoms with E-state index < -0.39 is 10.0 Å². The molecule has 1 N–H and O–H groups in total. The van der Waals surface area contributed by atoms with Gasteiger partial charge in [0.15, 0.2) is 5.13 Å². The molecule has 0 saturated carbocycles. The number of carbonyl (C=O) groups is 1. The number of carbonyl (C=O) groups excluding carboxylic acids is 1. The van der Waals surface area contributed by atoms with Crippen LogP contribution < -0.4 is 5.32 Å². The molecule has 0 saturated heterocycles. The van der Waals surface area contributed by atoms with Crippen molar-refractivity contribution in [1.82, 2.24) is 14.2 Å². The number of aromatic nitrogens is 1. The van der Waals surface area contributed by atoms with Crippen LogP contribution >= 0.6 is 11.3 Å². The SMILES string of the molecule is C=CCN(CC=C)S(=O)(=O)c1ccc(C(=O)Nc2nc3c(s2)CN(CCC)CC3)cc1. The van der Waals surface area contributed by atoms with Gasteiger partial charge >= 0.3 is 0 Å². The van der Waals surface area contributed by atoms with Crippen LogP contribution in [0.2, 0.25) is 0 Å². The predicted octanol–water partition coefficient (Wildman–Crippen LogP) is 3.53. The zero-order chi connectivity index (χ0) is 22.4. The van der Waals surface area contributed by atoms with Gasteiger partial charge < -0.3 is 0 Å². The summed E-state index contributed by atoms with van der Waals surface area (Å²) in [6, 6.07) is 5.91. The molecule has 1 aliphatic rings. The summed E-state index contributed by atoms with van der Waals surface area (Å²) < 4.78 is 26.8. The Balaban J connectivity index is 1.70. The van der Waals surface area contributed by atoms with Crippen molar-refractivity contribution in [2.45, 2.75) is 31.2 Å². The van der Waals surface area contributed by atoms with Crippen LogP contribution in [0.25, 0.3) is 0 Å². The van der Waals surface area contributed by atoms with Crippen LogP contribution in [-0.4, -0.2) is 54.7 Å². The van der Waals surface area contributed by atoms with Gasteiger partial charge in [0.25, 0.3) is 5.91 Å². The Morgan fingerprint density at radius 2 is 1.94 bits per heavy atom. The van der Waals surface area contributed by atoms with Crippen LogP contribution in [0.5, 0.6) is 0 Å². The number of amides is 1. The lowest BCUT2D eigenvalue weighted by atomic mass is 10.2. The Bertz CT molecular complexity index is 1040. The van der Waals surface area contributed by atoms with E-state index in [0.717, 1.165) is 38.2 Å². The first-order valence-corrected chi connectivity index (χ1v) is 12.5. The number of rotatable bonds is 10. The summed E-state index contributed by atoms with van der Waals surface area (Å²) in [4.78, 5) is 20.9. The maximum Gasteiger partial charge on any atom is 0.257 e. The molecule has 1 aromatic carbocycles. The van der Waals surface area contributed by atoms with Crippen LogP contribution in [0.1, 0.15) is 34.3 Å². The number of fused-ring (bicyclic) bond motifs is 1. The summed E-state index contributed by atoms with van der Waals surface area (Å²) in [5.74, 6) is -0.311. The van der Waals surface area contributed by atoms with E-state index in [-0.39, 0.29) is 23.9 Å². The molecule has 0 atom stereocenters. The number of thiazole rings is 1. The van der Waals surface area contributed by atoms with Gasteiger partial charge in [-0.25, -0.2) is 13.4 Å². The lowest BCUT2D eigenvalue weighted by Gasteiger charge is -2.24. The normalized spacial score (nSPS) is 14.3. The molecule has 0 bridgehead atoms. The van der Waals surface area contributed by atoms with Gasteiger partial charge in [-0.15, -0.1) is 24.5 Å². The molecule has 0 spiro atoms. The van der Waals surface area contributed by atoms with Gasteiger partial charge in [-0.05, 0) is 37.2 Å². The average molecular weight is 461 g/mol. The number of nitrogens with zero attached hydrogens (tertiary/aromatic N) is 3. The van der Waals surface area contributed by atoms with Crippen molar-refractivity contribution in [3.05, 3.63) is 65.7 Å². The van der Waals surface area contributed by atoms with Crippen LogP contribution in [0, 0.1) is 0 Å². The third-order valence-electron chi connectivity index (χ3n) is 4.99. The summed E-state index contributed by atoms with van der Waals surface area (Å²) in [5.41, 5.74) is 1.43. The zero-order valence-corrected chi connectivity index (χ0v) is 19.3. The van der Waals surface area contributed by atoms with Crippen molar-refractivity contribution in [2.24, 2.45) is 0 Å². The van der Waals surface area contributed by atoms with E-state index in [1.807, 2.05) is 0 Å². The maximum absolute atomic E-state index is 12.8. The Hall–Kier alpha value is -2.33.